The van der Waals surface area contributed by atoms with Crippen molar-refractivity contribution in [2.45, 2.75) is 80.1 Å². The van der Waals surface area contributed by atoms with Crippen molar-refractivity contribution in [2.75, 3.05) is 0 Å². The van der Waals surface area contributed by atoms with Crippen molar-refractivity contribution in [1.82, 2.24) is 0 Å². The van der Waals surface area contributed by atoms with Crippen LogP contribution in [0.25, 0.3) is 0 Å². The van der Waals surface area contributed by atoms with Crippen molar-refractivity contribution in [2.24, 2.45) is 0 Å². The van der Waals surface area contributed by atoms with Gasteiger partial charge in [-0.1, -0.05) is 14.0 Å². The van der Waals surface area contributed by atoms with E-state index in [1.807, 2.05) is 20.8 Å². The summed E-state index contributed by atoms with van der Waals surface area (Å²) in [5.74, 6) is -0.373. The van der Waals surface area contributed by atoms with Gasteiger partial charge in [0.05, 0.1) is 11.7 Å². The zero-order chi connectivity index (χ0) is 18.0. The summed E-state index contributed by atoms with van der Waals surface area (Å²) in [6, 6.07) is 0. The Kier molecular flexibility index (Phi) is 13.6. The number of hydrogen-bond acceptors (Lipinski definition) is 7. The number of rotatable bonds is 4. The summed E-state index contributed by atoms with van der Waals surface area (Å²) in [5, 5.41) is 4.19. The van der Waals surface area contributed by atoms with E-state index in [0.717, 1.165) is 6.08 Å². The maximum Gasteiger partial charge on any atom is 0.542 e. The monoisotopic (exact) mass is 336 g/mol. The Labute approximate surface area is 139 Å². The molecule has 0 aliphatic carbocycles. The molecule has 0 atom stereocenters. The van der Waals surface area contributed by atoms with Crippen molar-refractivity contribution < 1.29 is 33.9 Å². The minimum absolute atomic E-state index is 0. The van der Waals surface area contributed by atoms with Crippen LogP contribution in [0.2, 0.25) is 0 Å². The second kappa shape index (κ2) is 11.9. The number of esters is 1. The highest BCUT2D eigenvalue weighted by atomic mass is 17.5. The summed E-state index contributed by atoms with van der Waals surface area (Å²) in [6.07, 6.45) is -0.00406. The zero-order valence-electron chi connectivity index (χ0n) is 14.7. The van der Waals surface area contributed by atoms with E-state index >= 15 is 0 Å². The van der Waals surface area contributed by atoms with Gasteiger partial charge in [-0.25, -0.2) is 14.5 Å². The Morgan fingerprint density at radius 1 is 1.00 bits per heavy atom. The lowest BCUT2D eigenvalue weighted by Crippen LogP contribution is -2.22. The molecule has 0 saturated heterocycles. The first kappa shape index (κ1) is 26.3. The standard InChI is InChI=1S/C8H16O5.C7H12O2.CH4/c1-6(2)10-7(9)11-13-12-8(3,4)5;1-5-6(8)9-7(2,3)4;/h6H,1-5H3;5H,1H2,2-4H3;1H4. The molecule has 0 fully saturated rings. The van der Waals surface area contributed by atoms with Crippen LogP contribution in [-0.2, 0) is 29.1 Å². The van der Waals surface area contributed by atoms with E-state index in [2.05, 4.69) is 26.1 Å². The second-order valence-electron chi connectivity index (χ2n) is 6.50. The summed E-state index contributed by atoms with van der Waals surface area (Å²) in [5.41, 5.74) is -0.927. The van der Waals surface area contributed by atoms with Gasteiger partial charge in [0, 0.05) is 6.08 Å². The molecule has 7 nitrogen and oxygen atoms in total. The summed E-state index contributed by atoms with van der Waals surface area (Å²) in [7, 11) is 0. The van der Waals surface area contributed by atoms with Gasteiger partial charge in [-0.3, -0.25) is 0 Å². The molecule has 0 amide bonds. The van der Waals surface area contributed by atoms with Gasteiger partial charge in [0.25, 0.3) is 0 Å². The first-order valence-corrected chi connectivity index (χ1v) is 6.85. The van der Waals surface area contributed by atoms with Gasteiger partial charge in [-0.15, -0.1) is 0 Å². The molecular formula is C16H32O7. The van der Waals surface area contributed by atoms with Gasteiger partial charge in [0.15, 0.2) is 0 Å². The van der Waals surface area contributed by atoms with E-state index in [1.165, 1.54) is 0 Å². The molecule has 0 aliphatic rings. The molecule has 138 valence electrons. The minimum Gasteiger partial charge on any atom is -0.457 e. The van der Waals surface area contributed by atoms with Gasteiger partial charge < -0.3 is 9.47 Å². The lowest BCUT2D eigenvalue weighted by Gasteiger charge is -2.17. The van der Waals surface area contributed by atoms with Crippen molar-refractivity contribution in [3.63, 3.8) is 0 Å². The smallest absolute Gasteiger partial charge is 0.457 e. The number of hydrogen-bond donors (Lipinski definition) is 0. The maximum absolute atomic E-state index is 10.7. The van der Waals surface area contributed by atoms with Gasteiger partial charge in [0.2, 0.25) is 0 Å². The van der Waals surface area contributed by atoms with Crippen LogP contribution in [0.1, 0.15) is 62.8 Å². The average molecular weight is 336 g/mol. The van der Waals surface area contributed by atoms with Crippen molar-refractivity contribution >= 4 is 12.1 Å². The summed E-state index contributed by atoms with van der Waals surface area (Å²) >= 11 is 0. The second-order valence-corrected chi connectivity index (χ2v) is 6.50. The number of carbonyl (C=O) groups is 2. The third-order valence-electron chi connectivity index (χ3n) is 1.29. The summed E-state index contributed by atoms with van der Waals surface area (Å²) in [6.45, 7) is 17.4. The van der Waals surface area contributed by atoms with Gasteiger partial charge >= 0.3 is 12.1 Å². The average Bonchev–Trinajstić information content (AvgIpc) is 2.24. The Morgan fingerprint density at radius 3 is 1.74 bits per heavy atom. The van der Waals surface area contributed by atoms with Crippen LogP contribution in [0.4, 0.5) is 4.79 Å². The van der Waals surface area contributed by atoms with Crippen LogP contribution < -0.4 is 0 Å². The number of carbonyl (C=O) groups excluding carboxylic acids is 2. The molecular weight excluding hydrogens is 304 g/mol. The fourth-order valence-corrected chi connectivity index (χ4v) is 0.702. The largest absolute Gasteiger partial charge is 0.542 e. The maximum atomic E-state index is 10.7. The summed E-state index contributed by atoms with van der Waals surface area (Å²) < 4.78 is 9.43. The molecule has 0 aliphatic heterocycles. The van der Waals surface area contributed by atoms with Crippen LogP contribution in [0, 0.1) is 0 Å². The Morgan fingerprint density at radius 2 is 1.48 bits per heavy atom. The highest BCUT2D eigenvalue weighted by Gasteiger charge is 2.15. The highest BCUT2D eigenvalue weighted by molar-refractivity contribution is 5.81. The molecule has 0 unspecified atom stereocenters. The highest BCUT2D eigenvalue weighted by Crippen LogP contribution is 2.07. The van der Waals surface area contributed by atoms with Crippen LogP contribution in [0.5, 0.6) is 0 Å². The third-order valence-corrected chi connectivity index (χ3v) is 1.29. The molecule has 23 heavy (non-hydrogen) atoms. The molecule has 7 heteroatoms. The van der Waals surface area contributed by atoms with E-state index in [1.54, 1.807) is 34.6 Å². The summed E-state index contributed by atoms with van der Waals surface area (Å²) in [4.78, 5) is 30.0. The lowest BCUT2D eigenvalue weighted by molar-refractivity contribution is -0.514. The fourth-order valence-electron chi connectivity index (χ4n) is 0.702. The first-order chi connectivity index (χ1) is 9.76. The van der Waals surface area contributed by atoms with E-state index in [0.29, 0.717) is 0 Å². The van der Waals surface area contributed by atoms with Crippen LogP contribution in [-0.4, -0.2) is 29.4 Å². The minimum atomic E-state index is -0.917. The molecule has 0 aromatic rings. The normalized spacial score (nSPS) is 10.7. The molecule has 0 heterocycles. The fraction of sp³-hybridized carbons (Fsp3) is 0.750. The van der Waals surface area contributed by atoms with Crippen LogP contribution in [0.15, 0.2) is 12.7 Å². The lowest BCUT2D eigenvalue weighted by atomic mass is 10.2. The van der Waals surface area contributed by atoms with Gasteiger partial charge in [-0.2, -0.15) is 4.89 Å². The molecule has 0 aromatic carbocycles. The molecule has 0 rings (SSSR count). The van der Waals surface area contributed by atoms with Gasteiger partial charge in [0.1, 0.15) is 5.60 Å². The SMILES string of the molecule is C.C=CC(=O)OC(C)(C)C.CC(C)OC(=O)OOOC(C)(C)C. The van der Waals surface area contributed by atoms with Crippen LogP contribution >= 0.6 is 0 Å². The quantitative estimate of drug-likeness (QED) is 0.326. The molecule has 0 saturated carbocycles. The Hall–Kier alpha value is -1.60. The molecule has 0 N–H and O–H groups in total. The van der Waals surface area contributed by atoms with E-state index < -0.39 is 17.4 Å². The molecule has 0 aromatic heterocycles. The Bertz CT molecular complexity index is 348. The predicted octanol–water partition coefficient (Wildman–Crippen LogP) is 4.36. The third kappa shape index (κ3) is 25.7. The zero-order valence-corrected chi connectivity index (χ0v) is 14.7. The first-order valence-electron chi connectivity index (χ1n) is 6.85. The molecule has 0 bridgehead atoms. The number of ether oxygens (including phenoxy) is 2. The predicted molar refractivity (Wildman–Crippen MR) is 87.4 cm³/mol. The van der Waals surface area contributed by atoms with E-state index in [9.17, 15) is 9.59 Å². The molecule has 0 radical (unpaired) electrons. The topological polar surface area (TPSA) is 80.3 Å². The van der Waals surface area contributed by atoms with E-state index in [4.69, 9.17) is 4.74 Å². The van der Waals surface area contributed by atoms with Gasteiger partial charge in [-0.05, 0) is 60.4 Å². The van der Waals surface area contributed by atoms with Crippen molar-refractivity contribution in [3.8, 4) is 0 Å². The molecule has 0 spiro atoms. The van der Waals surface area contributed by atoms with E-state index in [-0.39, 0.29) is 19.5 Å². The Balaban J connectivity index is -0.000000354. The van der Waals surface area contributed by atoms with Crippen molar-refractivity contribution in [1.29, 1.82) is 0 Å². The van der Waals surface area contributed by atoms with Crippen LogP contribution in [0.3, 0.4) is 0 Å². The van der Waals surface area contributed by atoms with Crippen molar-refractivity contribution in [3.05, 3.63) is 12.7 Å².